The molecule has 3 aliphatic carbocycles. The summed E-state index contributed by atoms with van der Waals surface area (Å²) in [4.78, 5) is 80.1. The van der Waals surface area contributed by atoms with Gasteiger partial charge in [-0.15, -0.1) is 0 Å². The summed E-state index contributed by atoms with van der Waals surface area (Å²) in [7, 11) is 3.08. The Labute approximate surface area is 248 Å². The number of phenolic OH excluding ortho intramolecular Hbond substituents is 1. The van der Waals surface area contributed by atoms with Crippen molar-refractivity contribution in [2.75, 3.05) is 20.7 Å². The number of aromatic hydroxyl groups is 1. The fourth-order valence-electron chi connectivity index (χ4n) is 7.11. The first-order chi connectivity index (χ1) is 20.3. The van der Waals surface area contributed by atoms with Gasteiger partial charge in [0.25, 0.3) is 0 Å². The Bertz CT molecular complexity index is 1550. The van der Waals surface area contributed by atoms with Crippen LogP contribution >= 0.6 is 0 Å². The van der Waals surface area contributed by atoms with Crippen LogP contribution in [-0.2, 0) is 41.6 Å². The number of benzene rings is 2. The molecule has 2 fully saturated rings. The van der Waals surface area contributed by atoms with Crippen molar-refractivity contribution in [2.45, 2.75) is 44.2 Å². The van der Waals surface area contributed by atoms with E-state index in [4.69, 9.17) is 10.5 Å². The summed E-state index contributed by atoms with van der Waals surface area (Å²) in [5, 5.41) is 22.5. The van der Waals surface area contributed by atoms with Gasteiger partial charge in [-0.2, -0.15) is 0 Å². The van der Waals surface area contributed by atoms with Gasteiger partial charge in [-0.3, -0.25) is 33.7 Å². The molecule has 5 rings (SSSR count). The lowest BCUT2D eigenvalue weighted by atomic mass is 9.52. The van der Waals surface area contributed by atoms with Crippen molar-refractivity contribution in [1.29, 1.82) is 0 Å². The number of Topliss-reactive ketones (excluding diaryl/α,β-unsaturated/α-hetero) is 4. The Hall–Kier alpha value is -4.22. The van der Waals surface area contributed by atoms with Crippen molar-refractivity contribution in [3.05, 3.63) is 53.1 Å². The van der Waals surface area contributed by atoms with Gasteiger partial charge in [0.2, 0.25) is 5.91 Å². The molecular formula is C32H34N2O9. The van der Waals surface area contributed by atoms with Crippen molar-refractivity contribution in [3.8, 4) is 16.9 Å². The Kier molecular flexibility index (Phi) is 7.82. The highest BCUT2D eigenvalue weighted by Gasteiger charge is 2.69. The van der Waals surface area contributed by atoms with E-state index in [1.807, 2.05) is 6.92 Å². The van der Waals surface area contributed by atoms with Crippen LogP contribution in [0.15, 0.2) is 36.4 Å². The largest absolute Gasteiger partial charge is 0.507 e. The number of aliphatic hydroxyl groups is 1. The fraction of sp³-hybridized carbons (Fsp3) is 0.438. The van der Waals surface area contributed by atoms with Gasteiger partial charge in [-0.1, -0.05) is 37.3 Å². The number of hydrogen-bond donors (Lipinski definition) is 3. The van der Waals surface area contributed by atoms with E-state index < -0.39 is 64.4 Å². The van der Waals surface area contributed by atoms with E-state index in [9.17, 15) is 39.0 Å². The molecule has 0 aliphatic heterocycles. The molecule has 1 amide bonds. The summed E-state index contributed by atoms with van der Waals surface area (Å²) < 4.78 is 5.15. The molecule has 0 aromatic heterocycles. The molecule has 0 radical (unpaired) electrons. The molecule has 0 bridgehead atoms. The van der Waals surface area contributed by atoms with Crippen LogP contribution in [0.2, 0.25) is 0 Å². The first kappa shape index (κ1) is 30.2. The normalized spacial score (nSPS) is 28.3. The third-order valence-corrected chi connectivity index (χ3v) is 9.03. The van der Waals surface area contributed by atoms with Gasteiger partial charge in [0.1, 0.15) is 5.75 Å². The average Bonchev–Trinajstić information content (AvgIpc) is 2.94. The van der Waals surface area contributed by atoms with E-state index >= 15 is 0 Å². The molecule has 4 N–H and O–H groups in total. The molecule has 11 nitrogen and oxygen atoms in total. The minimum absolute atomic E-state index is 0.0300. The molecule has 0 spiro atoms. The smallest absolute Gasteiger partial charge is 0.310 e. The standard InChI is InChI=1S/C32H34N2O9/c1-4-11-43-22(36)12-15-5-7-16(8-6-15)18-9-10-21(35)24-19(18)13-17-14-20-26(34(2)3)28(38)25(31(33)41)30(40)32(20,42)29(39)23(17)27(24)37/h5-10,17,20,23,25-26,35,42H,4,11-14H2,1-3H3,(H2,33,41)/t17-,20-,23?,25?,26-,32-/m1/s1. The van der Waals surface area contributed by atoms with Gasteiger partial charge in [0, 0.05) is 5.92 Å². The quantitative estimate of drug-likeness (QED) is 0.311. The number of rotatable bonds is 7. The number of amides is 1. The van der Waals surface area contributed by atoms with Crippen LogP contribution in [-0.4, -0.2) is 82.5 Å². The summed E-state index contributed by atoms with van der Waals surface area (Å²) in [5.41, 5.74) is 5.12. The lowest BCUT2D eigenvalue weighted by molar-refractivity contribution is -0.181. The number of fused-ring (bicyclic) bond motifs is 3. The number of nitrogens with zero attached hydrogens (tertiary/aromatic N) is 1. The van der Waals surface area contributed by atoms with Crippen LogP contribution in [0.5, 0.6) is 5.75 Å². The molecule has 2 unspecified atom stereocenters. The Morgan fingerprint density at radius 2 is 1.72 bits per heavy atom. The molecular weight excluding hydrogens is 556 g/mol. The van der Waals surface area contributed by atoms with Gasteiger partial charge in [-0.05, 0) is 67.6 Å². The third kappa shape index (κ3) is 4.76. The number of likely N-dealkylation sites (N-methyl/N-ethyl adjacent to an activating group) is 1. The lowest BCUT2D eigenvalue weighted by Gasteiger charge is -2.52. The zero-order valence-corrected chi connectivity index (χ0v) is 24.2. The van der Waals surface area contributed by atoms with Crippen molar-refractivity contribution >= 4 is 35.0 Å². The zero-order chi connectivity index (χ0) is 31.4. The first-order valence-corrected chi connectivity index (χ1v) is 14.3. The summed E-state index contributed by atoms with van der Waals surface area (Å²) in [6, 6.07) is 8.98. The maximum atomic E-state index is 14.0. The van der Waals surface area contributed by atoms with Gasteiger partial charge >= 0.3 is 5.97 Å². The maximum absolute atomic E-state index is 14.0. The van der Waals surface area contributed by atoms with E-state index in [-0.39, 0.29) is 36.5 Å². The van der Waals surface area contributed by atoms with Crippen molar-refractivity contribution < 1.29 is 43.7 Å². The van der Waals surface area contributed by atoms with E-state index in [0.717, 1.165) is 12.0 Å². The van der Waals surface area contributed by atoms with Crippen LogP contribution in [0.25, 0.3) is 11.1 Å². The number of carbonyl (C=O) groups excluding carboxylic acids is 6. The second kappa shape index (κ2) is 11.1. The van der Waals surface area contributed by atoms with E-state index in [2.05, 4.69) is 0 Å². The Balaban J connectivity index is 1.54. The topological polar surface area (TPSA) is 181 Å². The molecule has 43 heavy (non-hydrogen) atoms. The number of hydrogen-bond acceptors (Lipinski definition) is 10. The van der Waals surface area contributed by atoms with Crippen LogP contribution < -0.4 is 5.73 Å². The molecule has 6 atom stereocenters. The lowest BCUT2D eigenvalue weighted by Crippen LogP contribution is -2.74. The summed E-state index contributed by atoms with van der Waals surface area (Å²) in [5.74, 6) is -11.2. The van der Waals surface area contributed by atoms with Crippen molar-refractivity contribution in [1.82, 2.24) is 4.90 Å². The van der Waals surface area contributed by atoms with Gasteiger partial charge < -0.3 is 20.7 Å². The number of ketones is 4. The minimum Gasteiger partial charge on any atom is -0.507 e. The van der Waals surface area contributed by atoms with E-state index in [1.165, 1.54) is 25.1 Å². The first-order valence-electron chi connectivity index (χ1n) is 14.3. The monoisotopic (exact) mass is 590 g/mol. The molecule has 2 aromatic rings. The highest BCUT2D eigenvalue weighted by atomic mass is 16.5. The van der Waals surface area contributed by atoms with Crippen molar-refractivity contribution in [2.24, 2.45) is 29.4 Å². The molecule has 2 aromatic carbocycles. The predicted molar refractivity (Wildman–Crippen MR) is 152 cm³/mol. The van der Waals surface area contributed by atoms with Crippen LogP contribution in [0.3, 0.4) is 0 Å². The summed E-state index contributed by atoms with van der Waals surface area (Å²) in [6.45, 7) is 2.25. The number of nitrogens with two attached hydrogens (primary N) is 1. The summed E-state index contributed by atoms with van der Waals surface area (Å²) >= 11 is 0. The van der Waals surface area contributed by atoms with Gasteiger partial charge in [0.05, 0.1) is 30.6 Å². The molecule has 3 aliphatic rings. The Morgan fingerprint density at radius 3 is 2.33 bits per heavy atom. The second-order valence-electron chi connectivity index (χ2n) is 11.9. The SMILES string of the molecule is CCCOC(=O)Cc1ccc(-c2ccc(O)c3c2C[C@@H]2C[C@@H]4[C@@H](N(C)C)C(=O)C(C(N)=O)C(=O)[C@]4(O)C(=O)C2C3=O)cc1. The number of ether oxygens (including phenoxy) is 1. The molecule has 2 saturated carbocycles. The highest BCUT2D eigenvalue weighted by molar-refractivity contribution is 6.32. The van der Waals surface area contributed by atoms with E-state index in [0.29, 0.717) is 23.3 Å². The van der Waals surface area contributed by atoms with Crippen molar-refractivity contribution in [3.63, 3.8) is 0 Å². The van der Waals surface area contributed by atoms with Gasteiger partial charge in [0.15, 0.2) is 34.7 Å². The zero-order valence-electron chi connectivity index (χ0n) is 24.2. The van der Waals surface area contributed by atoms with E-state index in [1.54, 1.807) is 30.3 Å². The summed E-state index contributed by atoms with van der Waals surface area (Å²) in [6.07, 6.45) is 0.946. The maximum Gasteiger partial charge on any atom is 0.310 e. The fourth-order valence-corrected chi connectivity index (χ4v) is 7.11. The minimum atomic E-state index is -2.77. The number of esters is 1. The van der Waals surface area contributed by atoms with Gasteiger partial charge in [-0.25, -0.2) is 0 Å². The number of phenols is 1. The van der Waals surface area contributed by atoms with Crippen LogP contribution in [0.1, 0.15) is 41.3 Å². The molecule has 0 heterocycles. The number of primary amides is 1. The Morgan fingerprint density at radius 1 is 1.05 bits per heavy atom. The molecule has 11 heteroatoms. The average molecular weight is 591 g/mol. The van der Waals surface area contributed by atoms with Crippen LogP contribution in [0.4, 0.5) is 0 Å². The van der Waals surface area contributed by atoms with Crippen LogP contribution in [0, 0.1) is 23.7 Å². The number of carbonyl (C=O) groups is 6. The highest BCUT2D eigenvalue weighted by Crippen LogP contribution is 2.51. The third-order valence-electron chi connectivity index (χ3n) is 9.03. The molecule has 226 valence electrons. The second-order valence-corrected chi connectivity index (χ2v) is 11.9. The predicted octanol–water partition coefficient (Wildman–Crippen LogP) is 1.03. The molecule has 0 saturated heterocycles.